The Morgan fingerprint density at radius 3 is 2.87 bits per heavy atom. The first kappa shape index (κ1) is 10.4. The highest BCUT2D eigenvalue weighted by molar-refractivity contribution is 5.40. The summed E-state index contributed by atoms with van der Waals surface area (Å²) < 4.78 is 0. The van der Waals surface area contributed by atoms with Gasteiger partial charge in [0.1, 0.15) is 5.82 Å². The summed E-state index contributed by atoms with van der Waals surface area (Å²) in [6.45, 7) is 6.67. The lowest BCUT2D eigenvalue weighted by Gasteiger charge is -2.21. The van der Waals surface area contributed by atoms with Gasteiger partial charge in [-0.25, -0.2) is 4.98 Å². The van der Waals surface area contributed by atoms with E-state index in [1.165, 1.54) is 18.5 Å². The van der Waals surface area contributed by atoms with Crippen LogP contribution in [0.4, 0.5) is 5.82 Å². The monoisotopic (exact) mass is 205 g/mol. The van der Waals surface area contributed by atoms with Gasteiger partial charge < -0.3 is 9.80 Å². The van der Waals surface area contributed by atoms with E-state index in [-0.39, 0.29) is 0 Å². The lowest BCUT2D eigenvalue weighted by molar-refractivity contribution is 0.360. The van der Waals surface area contributed by atoms with E-state index in [9.17, 15) is 0 Å². The molecule has 1 saturated heterocycles. The molecule has 3 nitrogen and oxygen atoms in total. The highest BCUT2D eigenvalue weighted by atomic mass is 15.2. The van der Waals surface area contributed by atoms with Crippen LogP contribution in [0, 0.1) is 6.92 Å². The SMILES string of the molecule is Cc1ccnc(N2CCCN(C)CC2)c1. The van der Waals surface area contributed by atoms with E-state index in [1.54, 1.807) is 0 Å². The highest BCUT2D eigenvalue weighted by Crippen LogP contribution is 2.14. The number of rotatable bonds is 1. The summed E-state index contributed by atoms with van der Waals surface area (Å²) >= 11 is 0. The van der Waals surface area contributed by atoms with Crippen LogP contribution in [0.2, 0.25) is 0 Å². The third-order valence-electron chi connectivity index (χ3n) is 2.94. The topological polar surface area (TPSA) is 19.4 Å². The summed E-state index contributed by atoms with van der Waals surface area (Å²) in [7, 11) is 2.19. The van der Waals surface area contributed by atoms with Gasteiger partial charge in [0.25, 0.3) is 0 Å². The zero-order valence-corrected chi connectivity index (χ0v) is 9.61. The normalized spacial score (nSPS) is 18.9. The number of likely N-dealkylation sites (N-methyl/N-ethyl adjacent to an activating group) is 1. The van der Waals surface area contributed by atoms with Crippen molar-refractivity contribution < 1.29 is 0 Å². The van der Waals surface area contributed by atoms with Crippen molar-refractivity contribution in [3.8, 4) is 0 Å². The molecule has 0 aromatic carbocycles. The Labute approximate surface area is 91.7 Å². The molecule has 0 N–H and O–H groups in total. The molecule has 3 heteroatoms. The second-order valence-electron chi connectivity index (χ2n) is 4.34. The van der Waals surface area contributed by atoms with Gasteiger partial charge in [-0.15, -0.1) is 0 Å². The van der Waals surface area contributed by atoms with Crippen LogP contribution in [0.5, 0.6) is 0 Å². The molecule has 1 aliphatic heterocycles. The fourth-order valence-electron chi connectivity index (χ4n) is 1.97. The van der Waals surface area contributed by atoms with Crippen LogP contribution in [0.15, 0.2) is 18.3 Å². The second-order valence-corrected chi connectivity index (χ2v) is 4.34. The maximum atomic E-state index is 4.44. The first-order chi connectivity index (χ1) is 7.25. The maximum absolute atomic E-state index is 4.44. The van der Waals surface area contributed by atoms with Crippen LogP contribution >= 0.6 is 0 Å². The Morgan fingerprint density at radius 1 is 1.20 bits per heavy atom. The quantitative estimate of drug-likeness (QED) is 0.693. The van der Waals surface area contributed by atoms with Crippen molar-refractivity contribution in [2.45, 2.75) is 13.3 Å². The summed E-state index contributed by atoms with van der Waals surface area (Å²) in [5, 5.41) is 0. The molecule has 0 saturated carbocycles. The van der Waals surface area contributed by atoms with Crippen molar-refractivity contribution in [2.75, 3.05) is 38.1 Å². The molecule has 1 aromatic rings. The molecular weight excluding hydrogens is 186 g/mol. The number of aryl methyl sites for hydroxylation is 1. The van der Waals surface area contributed by atoms with E-state index in [1.807, 2.05) is 12.3 Å². The molecule has 1 aliphatic rings. The van der Waals surface area contributed by atoms with Gasteiger partial charge in [0.05, 0.1) is 0 Å². The van der Waals surface area contributed by atoms with Crippen LogP contribution in [0.25, 0.3) is 0 Å². The Kier molecular flexibility index (Phi) is 3.21. The largest absolute Gasteiger partial charge is 0.355 e. The molecule has 2 heterocycles. The minimum atomic E-state index is 1.09. The van der Waals surface area contributed by atoms with Crippen molar-refractivity contribution in [1.82, 2.24) is 9.88 Å². The summed E-state index contributed by atoms with van der Waals surface area (Å²) in [4.78, 5) is 9.21. The van der Waals surface area contributed by atoms with Crippen LogP contribution in [-0.2, 0) is 0 Å². The highest BCUT2D eigenvalue weighted by Gasteiger charge is 2.13. The first-order valence-electron chi connectivity index (χ1n) is 5.62. The lowest BCUT2D eigenvalue weighted by Crippen LogP contribution is -2.29. The van der Waals surface area contributed by atoms with Gasteiger partial charge in [-0.1, -0.05) is 0 Å². The fourth-order valence-corrected chi connectivity index (χ4v) is 1.97. The molecule has 0 amide bonds. The number of hydrogen-bond donors (Lipinski definition) is 0. The van der Waals surface area contributed by atoms with Gasteiger partial charge in [0.15, 0.2) is 0 Å². The average Bonchev–Trinajstić information content (AvgIpc) is 2.43. The molecule has 0 unspecified atom stereocenters. The molecule has 0 radical (unpaired) electrons. The second kappa shape index (κ2) is 4.62. The Morgan fingerprint density at radius 2 is 2.07 bits per heavy atom. The lowest BCUT2D eigenvalue weighted by atomic mass is 10.3. The molecule has 0 spiro atoms. The molecule has 1 fully saturated rings. The van der Waals surface area contributed by atoms with Crippen LogP contribution in [0.3, 0.4) is 0 Å². The molecule has 82 valence electrons. The molecule has 1 aromatic heterocycles. The number of nitrogens with zero attached hydrogens (tertiary/aromatic N) is 3. The Balaban J connectivity index is 2.09. The van der Waals surface area contributed by atoms with E-state index >= 15 is 0 Å². The van der Waals surface area contributed by atoms with E-state index < -0.39 is 0 Å². The number of aromatic nitrogens is 1. The van der Waals surface area contributed by atoms with Crippen molar-refractivity contribution >= 4 is 5.82 Å². The molecule has 0 aliphatic carbocycles. The van der Waals surface area contributed by atoms with Crippen LogP contribution < -0.4 is 4.90 Å². The van der Waals surface area contributed by atoms with Gasteiger partial charge in [0.2, 0.25) is 0 Å². The molecule has 15 heavy (non-hydrogen) atoms. The minimum Gasteiger partial charge on any atom is -0.355 e. The van der Waals surface area contributed by atoms with Gasteiger partial charge in [0, 0.05) is 25.8 Å². The maximum Gasteiger partial charge on any atom is 0.128 e. The smallest absolute Gasteiger partial charge is 0.128 e. The van der Waals surface area contributed by atoms with Crippen LogP contribution in [0.1, 0.15) is 12.0 Å². The summed E-state index contributed by atoms with van der Waals surface area (Å²) in [6, 6.07) is 4.22. The summed E-state index contributed by atoms with van der Waals surface area (Å²) in [5.41, 5.74) is 1.29. The Bertz CT molecular complexity index is 324. The molecule has 0 bridgehead atoms. The van der Waals surface area contributed by atoms with Crippen molar-refractivity contribution in [1.29, 1.82) is 0 Å². The zero-order valence-electron chi connectivity index (χ0n) is 9.61. The van der Waals surface area contributed by atoms with Crippen molar-refractivity contribution in [3.63, 3.8) is 0 Å². The number of anilines is 1. The predicted octanol–water partition coefficient (Wildman–Crippen LogP) is 1.53. The fraction of sp³-hybridized carbons (Fsp3) is 0.583. The van der Waals surface area contributed by atoms with Gasteiger partial charge in [-0.3, -0.25) is 0 Å². The number of pyridine rings is 1. The van der Waals surface area contributed by atoms with E-state index in [0.29, 0.717) is 0 Å². The van der Waals surface area contributed by atoms with Crippen molar-refractivity contribution in [2.24, 2.45) is 0 Å². The van der Waals surface area contributed by atoms with Gasteiger partial charge >= 0.3 is 0 Å². The third kappa shape index (κ3) is 2.69. The van der Waals surface area contributed by atoms with Gasteiger partial charge in [-0.2, -0.15) is 0 Å². The number of hydrogen-bond acceptors (Lipinski definition) is 3. The van der Waals surface area contributed by atoms with E-state index in [2.05, 4.69) is 34.8 Å². The summed E-state index contributed by atoms with van der Waals surface area (Å²) in [6.07, 6.45) is 3.13. The first-order valence-corrected chi connectivity index (χ1v) is 5.62. The summed E-state index contributed by atoms with van der Waals surface area (Å²) in [5.74, 6) is 1.13. The van der Waals surface area contributed by atoms with Gasteiger partial charge in [-0.05, 0) is 44.6 Å². The van der Waals surface area contributed by atoms with E-state index in [0.717, 1.165) is 25.5 Å². The van der Waals surface area contributed by atoms with Crippen molar-refractivity contribution in [3.05, 3.63) is 23.9 Å². The zero-order chi connectivity index (χ0) is 10.7. The minimum absolute atomic E-state index is 1.09. The Hall–Kier alpha value is -1.09. The molecular formula is C12H19N3. The van der Waals surface area contributed by atoms with E-state index in [4.69, 9.17) is 0 Å². The van der Waals surface area contributed by atoms with Crippen LogP contribution in [-0.4, -0.2) is 43.1 Å². The average molecular weight is 205 g/mol. The predicted molar refractivity (Wildman–Crippen MR) is 63.3 cm³/mol. The standard InChI is InChI=1S/C12H19N3/c1-11-4-5-13-12(10-11)15-7-3-6-14(2)8-9-15/h4-5,10H,3,6-9H2,1-2H3. The molecule has 2 rings (SSSR count). The third-order valence-corrected chi connectivity index (χ3v) is 2.94. The molecule has 0 atom stereocenters.